The summed E-state index contributed by atoms with van der Waals surface area (Å²) in [6, 6.07) is 0. The van der Waals surface area contributed by atoms with Crippen LogP contribution in [0, 0.1) is 0 Å². The second kappa shape index (κ2) is 3.66. The molecule has 10 heavy (non-hydrogen) atoms. The fourth-order valence-electron chi connectivity index (χ4n) is 0.757. The second-order valence-corrected chi connectivity index (χ2v) is 3.32. The Hall–Kier alpha value is -0.440. The zero-order chi connectivity index (χ0) is 7.40. The first-order chi connectivity index (χ1) is 4.83. The van der Waals surface area contributed by atoms with Gasteiger partial charge < -0.3 is 5.32 Å². The summed E-state index contributed by atoms with van der Waals surface area (Å²) < 4.78 is 0. The van der Waals surface area contributed by atoms with Crippen molar-refractivity contribution >= 4 is 16.8 Å². The van der Waals surface area contributed by atoms with Crippen LogP contribution in [-0.2, 0) is 0 Å². The third-order valence-corrected chi connectivity index (χ3v) is 2.36. The number of nitrogens with one attached hydrogen (secondary N) is 1. The standard InChI is InChI=1S/C7H12N2S/c1-6(8-2)5-7-9-3-4-10-7/h8H,1,3-5H2,2H3. The van der Waals surface area contributed by atoms with Crippen LogP contribution in [0.15, 0.2) is 17.3 Å². The van der Waals surface area contributed by atoms with Gasteiger partial charge in [-0.15, -0.1) is 11.8 Å². The van der Waals surface area contributed by atoms with Crippen LogP contribution in [0.4, 0.5) is 0 Å². The Morgan fingerprint density at radius 2 is 2.70 bits per heavy atom. The average Bonchev–Trinajstić information content (AvgIpc) is 2.40. The van der Waals surface area contributed by atoms with Crippen molar-refractivity contribution < 1.29 is 0 Å². The highest BCUT2D eigenvalue weighted by molar-refractivity contribution is 8.14. The van der Waals surface area contributed by atoms with Crippen molar-refractivity contribution in [3.63, 3.8) is 0 Å². The molecule has 0 aliphatic carbocycles. The predicted molar refractivity (Wildman–Crippen MR) is 47.6 cm³/mol. The highest BCUT2D eigenvalue weighted by Gasteiger charge is 2.06. The van der Waals surface area contributed by atoms with Crippen molar-refractivity contribution in [3.8, 4) is 0 Å². The van der Waals surface area contributed by atoms with Crippen LogP contribution in [0.1, 0.15) is 6.42 Å². The van der Waals surface area contributed by atoms with Gasteiger partial charge in [-0.05, 0) is 0 Å². The maximum Gasteiger partial charge on any atom is 0.0735 e. The summed E-state index contributed by atoms with van der Waals surface area (Å²) in [5, 5.41) is 4.22. The molecule has 0 radical (unpaired) electrons. The first kappa shape index (κ1) is 7.66. The van der Waals surface area contributed by atoms with Crippen LogP contribution >= 0.6 is 11.8 Å². The molecule has 1 rings (SSSR count). The van der Waals surface area contributed by atoms with E-state index in [0.29, 0.717) is 0 Å². The summed E-state index contributed by atoms with van der Waals surface area (Å²) in [5.74, 6) is 1.15. The van der Waals surface area contributed by atoms with Crippen molar-refractivity contribution in [2.75, 3.05) is 19.3 Å². The lowest BCUT2D eigenvalue weighted by atomic mass is 10.4. The number of aliphatic imine (C=N–C) groups is 1. The van der Waals surface area contributed by atoms with Gasteiger partial charge in [0.15, 0.2) is 0 Å². The van der Waals surface area contributed by atoms with Crippen molar-refractivity contribution in [1.82, 2.24) is 5.32 Å². The van der Waals surface area contributed by atoms with Gasteiger partial charge in [-0.1, -0.05) is 6.58 Å². The Kier molecular flexibility index (Phi) is 2.81. The van der Waals surface area contributed by atoms with Gasteiger partial charge in [-0.3, -0.25) is 4.99 Å². The Balaban J connectivity index is 2.30. The molecule has 1 aliphatic heterocycles. The highest BCUT2D eigenvalue weighted by atomic mass is 32.2. The molecular weight excluding hydrogens is 144 g/mol. The van der Waals surface area contributed by atoms with Gasteiger partial charge in [0.05, 0.1) is 5.04 Å². The molecule has 0 bridgehead atoms. The maximum absolute atomic E-state index is 4.30. The van der Waals surface area contributed by atoms with Crippen molar-refractivity contribution in [3.05, 3.63) is 12.3 Å². The van der Waals surface area contributed by atoms with Crippen LogP contribution < -0.4 is 5.32 Å². The van der Waals surface area contributed by atoms with E-state index in [-0.39, 0.29) is 0 Å². The minimum absolute atomic E-state index is 0.904. The average molecular weight is 156 g/mol. The Morgan fingerprint density at radius 1 is 1.90 bits per heavy atom. The van der Waals surface area contributed by atoms with E-state index in [0.717, 1.165) is 24.4 Å². The van der Waals surface area contributed by atoms with Gasteiger partial charge in [0.25, 0.3) is 0 Å². The van der Waals surface area contributed by atoms with Crippen LogP contribution in [0.3, 0.4) is 0 Å². The molecule has 0 aromatic heterocycles. The zero-order valence-electron chi connectivity index (χ0n) is 6.18. The van der Waals surface area contributed by atoms with Gasteiger partial charge in [0.2, 0.25) is 0 Å². The van der Waals surface area contributed by atoms with Crippen LogP contribution in [0.2, 0.25) is 0 Å². The van der Waals surface area contributed by atoms with Crippen LogP contribution in [0.5, 0.6) is 0 Å². The highest BCUT2D eigenvalue weighted by Crippen LogP contribution is 2.16. The molecule has 56 valence electrons. The number of hydrogen-bond acceptors (Lipinski definition) is 3. The summed E-state index contributed by atoms with van der Waals surface area (Å²) in [7, 11) is 1.89. The summed E-state index contributed by atoms with van der Waals surface area (Å²) >= 11 is 1.84. The SMILES string of the molecule is C=C(CC1=NCCS1)NC. The van der Waals surface area contributed by atoms with Gasteiger partial charge in [-0.2, -0.15) is 0 Å². The second-order valence-electron chi connectivity index (χ2n) is 2.15. The normalized spacial score (nSPS) is 16.7. The lowest BCUT2D eigenvalue weighted by Gasteiger charge is -2.01. The molecule has 0 fully saturated rings. The molecule has 1 N–H and O–H groups in total. The minimum Gasteiger partial charge on any atom is -0.392 e. The van der Waals surface area contributed by atoms with E-state index in [1.165, 1.54) is 5.04 Å². The number of nitrogens with zero attached hydrogens (tertiary/aromatic N) is 1. The largest absolute Gasteiger partial charge is 0.392 e. The summed E-state index contributed by atoms with van der Waals surface area (Å²) in [5.41, 5.74) is 1.05. The maximum atomic E-state index is 4.30. The van der Waals surface area contributed by atoms with Gasteiger partial charge >= 0.3 is 0 Å². The molecule has 0 aromatic rings. The molecule has 0 amide bonds. The number of allylic oxidation sites excluding steroid dienone is 1. The molecule has 0 atom stereocenters. The number of thioether (sulfide) groups is 1. The quantitative estimate of drug-likeness (QED) is 0.665. The smallest absolute Gasteiger partial charge is 0.0735 e. The van der Waals surface area contributed by atoms with Crippen molar-refractivity contribution in [1.29, 1.82) is 0 Å². The third kappa shape index (κ3) is 2.06. The van der Waals surface area contributed by atoms with E-state index >= 15 is 0 Å². The predicted octanol–water partition coefficient (Wildman–Crippen LogP) is 1.25. The van der Waals surface area contributed by atoms with Crippen molar-refractivity contribution in [2.45, 2.75) is 6.42 Å². The topological polar surface area (TPSA) is 24.4 Å². The number of hydrogen-bond donors (Lipinski definition) is 1. The van der Waals surface area contributed by atoms with E-state index in [1.807, 2.05) is 18.8 Å². The van der Waals surface area contributed by atoms with Gasteiger partial charge in [0.1, 0.15) is 0 Å². The van der Waals surface area contributed by atoms with E-state index in [2.05, 4.69) is 16.9 Å². The molecule has 2 nitrogen and oxygen atoms in total. The van der Waals surface area contributed by atoms with Gasteiger partial charge in [-0.25, -0.2) is 0 Å². The minimum atomic E-state index is 0.904. The fraction of sp³-hybridized carbons (Fsp3) is 0.571. The lowest BCUT2D eigenvalue weighted by molar-refractivity contribution is 0.965. The molecule has 0 spiro atoms. The Morgan fingerprint density at radius 3 is 3.20 bits per heavy atom. The number of rotatable bonds is 3. The summed E-state index contributed by atoms with van der Waals surface area (Å²) in [6.45, 7) is 4.81. The Labute approximate surface area is 65.8 Å². The van der Waals surface area contributed by atoms with Crippen LogP contribution in [0.25, 0.3) is 0 Å². The van der Waals surface area contributed by atoms with E-state index < -0.39 is 0 Å². The summed E-state index contributed by atoms with van der Waals surface area (Å²) in [6.07, 6.45) is 0.904. The van der Waals surface area contributed by atoms with Crippen molar-refractivity contribution in [2.24, 2.45) is 4.99 Å². The molecule has 0 aromatic carbocycles. The molecule has 1 heterocycles. The molecule has 0 unspecified atom stereocenters. The third-order valence-electron chi connectivity index (χ3n) is 1.37. The molecular formula is C7H12N2S. The molecule has 3 heteroatoms. The fourth-order valence-corrected chi connectivity index (χ4v) is 1.63. The Bertz CT molecular complexity index is 163. The lowest BCUT2D eigenvalue weighted by Crippen LogP contribution is -2.06. The molecule has 1 aliphatic rings. The molecule has 0 saturated carbocycles. The van der Waals surface area contributed by atoms with E-state index in [1.54, 1.807) is 0 Å². The zero-order valence-corrected chi connectivity index (χ0v) is 7.00. The van der Waals surface area contributed by atoms with Crippen LogP contribution in [-0.4, -0.2) is 24.4 Å². The summed E-state index contributed by atoms with van der Waals surface area (Å²) in [4.78, 5) is 4.30. The monoisotopic (exact) mass is 156 g/mol. The van der Waals surface area contributed by atoms with Gasteiger partial charge in [0, 0.05) is 31.5 Å². The van der Waals surface area contributed by atoms with E-state index in [4.69, 9.17) is 0 Å². The first-order valence-electron chi connectivity index (χ1n) is 3.34. The first-order valence-corrected chi connectivity index (χ1v) is 4.33. The molecule has 0 saturated heterocycles. The van der Waals surface area contributed by atoms with E-state index in [9.17, 15) is 0 Å².